The van der Waals surface area contributed by atoms with Gasteiger partial charge in [0, 0.05) is 34.0 Å². The third-order valence-electron chi connectivity index (χ3n) is 5.96. The van der Waals surface area contributed by atoms with Crippen molar-refractivity contribution < 1.29 is 9.18 Å². The second-order valence-electron chi connectivity index (χ2n) is 8.95. The Balaban J connectivity index is 2.04. The van der Waals surface area contributed by atoms with E-state index in [1.54, 1.807) is 11.0 Å². The van der Waals surface area contributed by atoms with E-state index in [-0.39, 0.29) is 33.2 Å². The first-order valence-electron chi connectivity index (χ1n) is 10.1. The summed E-state index contributed by atoms with van der Waals surface area (Å²) in [5.41, 5.74) is 9.42. The lowest BCUT2D eigenvalue weighted by atomic mass is 9.68. The maximum absolute atomic E-state index is 15.0. The van der Waals surface area contributed by atoms with Crippen LogP contribution in [0.5, 0.6) is 0 Å². The Labute approximate surface area is 186 Å². The standard InChI is InChI=1S/C25H23ClFN3O/c1-14-7-9-15(10-8-14)30-19-11-25(2,3)12-20(31)23(19)21(16(13-28)24(30)29)22-17(26)5-4-6-18(22)27/h4-10,21H,11-12,29H2,1-3H3/t21-/m0/s1. The first-order valence-corrected chi connectivity index (χ1v) is 10.5. The minimum absolute atomic E-state index is 0.118. The molecular weight excluding hydrogens is 413 g/mol. The summed E-state index contributed by atoms with van der Waals surface area (Å²) < 4.78 is 15.0. The summed E-state index contributed by atoms with van der Waals surface area (Å²) in [6, 6.07) is 14.2. The van der Waals surface area contributed by atoms with Crippen LogP contribution >= 0.6 is 11.6 Å². The van der Waals surface area contributed by atoms with Crippen molar-refractivity contribution in [3.63, 3.8) is 0 Å². The molecule has 0 spiro atoms. The van der Waals surface area contributed by atoms with Crippen molar-refractivity contribution in [2.24, 2.45) is 11.1 Å². The number of anilines is 1. The zero-order chi connectivity index (χ0) is 22.5. The number of rotatable bonds is 2. The van der Waals surface area contributed by atoms with Gasteiger partial charge in [-0.3, -0.25) is 9.69 Å². The van der Waals surface area contributed by atoms with Crippen molar-refractivity contribution in [2.45, 2.75) is 39.5 Å². The normalized spacial score (nSPS) is 20.6. The Morgan fingerprint density at radius 2 is 1.87 bits per heavy atom. The topological polar surface area (TPSA) is 70.1 Å². The number of nitrogens with zero attached hydrogens (tertiary/aromatic N) is 2. The maximum atomic E-state index is 15.0. The van der Waals surface area contributed by atoms with Crippen LogP contribution in [0.3, 0.4) is 0 Å². The monoisotopic (exact) mass is 435 g/mol. The van der Waals surface area contributed by atoms with E-state index in [9.17, 15) is 14.4 Å². The van der Waals surface area contributed by atoms with Crippen LogP contribution in [0, 0.1) is 29.5 Å². The van der Waals surface area contributed by atoms with Crippen molar-refractivity contribution in [1.29, 1.82) is 5.26 Å². The molecule has 158 valence electrons. The Kier molecular flexibility index (Phi) is 5.15. The molecule has 2 aromatic carbocycles. The molecule has 0 aromatic heterocycles. The second-order valence-corrected chi connectivity index (χ2v) is 9.36. The van der Waals surface area contributed by atoms with E-state index in [2.05, 4.69) is 6.07 Å². The molecule has 0 radical (unpaired) electrons. The Morgan fingerprint density at radius 3 is 2.48 bits per heavy atom. The second kappa shape index (κ2) is 7.55. The summed E-state index contributed by atoms with van der Waals surface area (Å²) >= 11 is 6.38. The number of aryl methyl sites for hydroxylation is 1. The molecule has 2 N–H and O–H groups in total. The van der Waals surface area contributed by atoms with Crippen LogP contribution in [0.2, 0.25) is 5.02 Å². The molecule has 0 unspecified atom stereocenters. The molecule has 1 atom stereocenters. The van der Waals surface area contributed by atoms with Gasteiger partial charge in [0.2, 0.25) is 0 Å². The third-order valence-corrected chi connectivity index (χ3v) is 6.29. The molecular formula is C25H23ClFN3O. The highest BCUT2D eigenvalue weighted by molar-refractivity contribution is 6.31. The molecule has 4 rings (SSSR count). The first-order chi connectivity index (χ1) is 14.6. The summed E-state index contributed by atoms with van der Waals surface area (Å²) in [6.07, 6.45) is 0.860. The molecule has 1 aliphatic carbocycles. The molecule has 0 saturated heterocycles. The van der Waals surface area contributed by atoms with Crippen molar-refractivity contribution in [3.05, 3.63) is 87.1 Å². The van der Waals surface area contributed by atoms with Gasteiger partial charge >= 0.3 is 0 Å². The lowest BCUT2D eigenvalue weighted by molar-refractivity contribution is -0.118. The molecule has 2 aromatic rings. The highest BCUT2D eigenvalue weighted by Crippen LogP contribution is 2.51. The van der Waals surface area contributed by atoms with Crippen LogP contribution in [0.15, 0.2) is 65.1 Å². The van der Waals surface area contributed by atoms with E-state index in [1.165, 1.54) is 12.1 Å². The third kappa shape index (κ3) is 3.51. The van der Waals surface area contributed by atoms with Crippen LogP contribution in [-0.2, 0) is 4.79 Å². The average Bonchev–Trinajstić information content (AvgIpc) is 2.68. The Hall–Kier alpha value is -3.10. The van der Waals surface area contributed by atoms with Crippen molar-refractivity contribution >= 4 is 23.1 Å². The number of carbonyl (C=O) groups excluding carboxylic acids is 1. The minimum atomic E-state index is -0.931. The van der Waals surface area contributed by atoms with E-state index in [0.29, 0.717) is 24.1 Å². The van der Waals surface area contributed by atoms with Gasteiger partial charge in [-0.2, -0.15) is 5.26 Å². The molecule has 1 aliphatic heterocycles. The quantitative estimate of drug-likeness (QED) is 0.654. The van der Waals surface area contributed by atoms with E-state index in [4.69, 9.17) is 17.3 Å². The molecule has 31 heavy (non-hydrogen) atoms. The number of halogens is 2. The van der Waals surface area contributed by atoms with Gasteiger partial charge in [0.25, 0.3) is 0 Å². The largest absolute Gasteiger partial charge is 0.384 e. The van der Waals surface area contributed by atoms with Gasteiger partial charge in [0.1, 0.15) is 11.6 Å². The number of hydrogen-bond donors (Lipinski definition) is 1. The number of nitriles is 1. The lowest BCUT2D eigenvalue weighted by Crippen LogP contribution is -2.42. The summed E-state index contributed by atoms with van der Waals surface area (Å²) in [5.74, 6) is -1.42. The van der Waals surface area contributed by atoms with Crippen LogP contribution in [0.1, 0.15) is 43.7 Å². The van der Waals surface area contributed by atoms with Crippen LogP contribution in [0.25, 0.3) is 0 Å². The van der Waals surface area contributed by atoms with Crippen LogP contribution in [0.4, 0.5) is 10.1 Å². The van der Waals surface area contributed by atoms with E-state index >= 15 is 0 Å². The highest BCUT2D eigenvalue weighted by Gasteiger charge is 2.45. The predicted molar refractivity (Wildman–Crippen MR) is 120 cm³/mol. The molecule has 0 amide bonds. The van der Waals surface area contributed by atoms with Gasteiger partial charge in [-0.15, -0.1) is 0 Å². The minimum Gasteiger partial charge on any atom is -0.384 e. The first kappa shape index (κ1) is 21.1. The van der Waals surface area contributed by atoms with Gasteiger partial charge in [-0.25, -0.2) is 4.39 Å². The lowest BCUT2D eigenvalue weighted by Gasteiger charge is -2.44. The van der Waals surface area contributed by atoms with Crippen LogP contribution < -0.4 is 10.6 Å². The fraction of sp³-hybridized carbons (Fsp3) is 0.280. The number of carbonyl (C=O) groups is 1. The number of hydrogen-bond acceptors (Lipinski definition) is 4. The number of Topliss-reactive ketones (excluding diaryl/α,β-unsaturated/α-hetero) is 1. The van der Waals surface area contributed by atoms with E-state index < -0.39 is 11.7 Å². The number of allylic oxidation sites excluding steroid dienone is 3. The fourth-order valence-corrected chi connectivity index (χ4v) is 4.84. The average molecular weight is 436 g/mol. The zero-order valence-corrected chi connectivity index (χ0v) is 18.4. The summed E-state index contributed by atoms with van der Waals surface area (Å²) in [7, 11) is 0. The molecule has 2 aliphatic rings. The molecule has 0 fully saturated rings. The van der Waals surface area contributed by atoms with Crippen LogP contribution in [-0.4, -0.2) is 5.78 Å². The van der Waals surface area contributed by atoms with Crippen molar-refractivity contribution in [2.75, 3.05) is 4.90 Å². The van der Waals surface area contributed by atoms with Gasteiger partial charge < -0.3 is 5.73 Å². The molecule has 4 nitrogen and oxygen atoms in total. The molecule has 6 heteroatoms. The number of ketones is 1. The predicted octanol–water partition coefficient (Wildman–Crippen LogP) is 5.73. The summed E-state index contributed by atoms with van der Waals surface area (Å²) in [5, 5.41) is 10.2. The van der Waals surface area contributed by atoms with Gasteiger partial charge in [0.15, 0.2) is 5.78 Å². The maximum Gasteiger partial charge on any atom is 0.162 e. The van der Waals surface area contributed by atoms with E-state index in [1.807, 2.05) is 45.0 Å². The Bertz CT molecular complexity index is 1170. The van der Waals surface area contributed by atoms with Gasteiger partial charge in [0.05, 0.1) is 17.6 Å². The van der Waals surface area contributed by atoms with Gasteiger partial charge in [-0.1, -0.05) is 49.2 Å². The zero-order valence-electron chi connectivity index (χ0n) is 17.7. The summed E-state index contributed by atoms with van der Waals surface area (Å²) in [4.78, 5) is 15.2. The van der Waals surface area contributed by atoms with Crippen molar-refractivity contribution in [3.8, 4) is 6.07 Å². The fourth-order valence-electron chi connectivity index (χ4n) is 4.57. The van der Waals surface area contributed by atoms with Crippen molar-refractivity contribution in [1.82, 2.24) is 0 Å². The SMILES string of the molecule is Cc1ccc(N2C(N)=C(C#N)[C@@H](c3c(F)cccc3Cl)C3=C2CC(C)(C)CC3=O)cc1. The molecule has 1 heterocycles. The number of nitrogens with two attached hydrogens (primary N) is 1. The molecule has 0 bridgehead atoms. The molecule has 0 saturated carbocycles. The highest BCUT2D eigenvalue weighted by atomic mass is 35.5. The smallest absolute Gasteiger partial charge is 0.162 e. The Morgan fingerprint density at radius 1 is 1.19 bits per heavy atom. The summed E-state index contributed by atoms with van der Waals surface area (Å²) in [6.45, 7) is 6.02. The van der Waals surface area contributed by atoms with Gasteiger partial charge in [-0.05, 0) is 43.0 Å². The van der Waals surface area contributed by atoms with E-state index in [0.717, 1.165) is 11.3 Å². The number of benzene rings is 2.